The van der Waals surface area contributed by atoms with Gasteiger partial charge in [0.15, 0.2) is 5.96 Å². The molecule has 108 valence electrons. The monoisotopic (exact) mass is 378 g/mol. The highest BCUT2D eigenvalue weighted by molar-refractivity contribution is 14.0. The van der Waals surface area contributed by atoms with E-state index in [4.69, 9.17) is 0 Å². The number of aromatic nitrogens is 3. The molecule has 0 aliphatic rings. The molecule has 6 nitrogen and oxygen atoms in total. The van der Waals surface area contributed by atoms with Crippen molar-refractivity contribution in [2.75, 3.05) is 20.6 Å². The Hall–Kier alpha value is -1.12. The van der Waals surface area contributed by atoms with Crippen molar-refractivity contribution >= 4 is 29.9 Å². The molecule has 0 spiro atoms. The number of aryl methyl sites for hydroxylation is 1. The molecule has 1 aromatic heterocycles. The fraction of sp³-hybridized carbons (Fsp3) is 0.583. The number of hydrogen-bond acceptors (Lipinski definition) is 3. The van der Waals surface area contributed by atoms with Gasteiger partial charge in [-0.3, -0.25) is 9.67 Å². The molecular formula is C12H23IN6. The minimum Gasteiger partial charge on any atom is -0.349 e. The topological polar surface area (TPSA) is 58.3 Å². The van der Waals surface area contributed by atoms with Crippen LogP contribution in [0.5, 0.6) is 0 Å². The lowest BCUT2D eigenvalue weighted by molar-refractivity contribution is 0.467. The van der Waals surface area contributed by atoms with Gasteiger partial charge in [0.2, 0.25) is 0 Å². The molecule has 1 heterocycles. The van der Waals surface area contributed by atoms with Crippen LogP contribution in [0.4, 0.5) is 0 Å². The van der Waals surface area contributed by atoms with Crippen molar-refractivity contribution < 1.29 is 0 Å². The maximum absolute atomic E-state index is 4.24. The van der Waals surface area contributed by atoms with Gasteiger partial charge in [-0.2, -0.15) is 5.10 Å². The number of nitrogens with one attached hydrogen (secondary N) is 1. The molecule has 0 atom stereocenters. The lowest BCUT2D eigenvalue weighted by atomic mass is 10.3. The van der Waals surface area contributed by atoms with Crippen LogP contribution in [0.3, 0.4) is 0 Å². The van der Waals surface area contributed by atoms with Crippen molar-refractivity contribution in [3.05, 3.63) is 24.8 Å². The smallest absolute Gasteiger partial charge is 0.193 e. The third kappa shape index (κ3) is 6.04. The lowest BCUT2D eigenvalue weighted by Gasteiger charge is -2.21. The zero-order valence-electron chi connectivity index (χ0n) is 11.8. The van der Waals surface area contributed by atoms with Crippen molar-refractivity contribution in [1.29, 1.82) is 0 Å². The average molecular weight is 378 g/mol. The van der Waals surface area contributed by atoms with Crippen LogP contribution < -0.4 is 5.32 Å². The molecule has 0 saturated heterocycles. The summed E-state index contributed by atoms with van der Waals surface area (Å²) in [5.41, 5.74) is 0. The summed E-state index contributed by atoms with van der Waals surface area (Å²) in [6, 6.07) is 0. The second-order valence-electron chi connectivity index (χ2n) is 4.05. The molecule has 1 N–H and O–H groups in total. The molecule has 0 aliphatic carbocycles. The summed E-state index contributed by atoms with van der Waals surface area (Å²) in [4.78, 5) is 10.5. The second-order valence-corrected chi connectivity index (χ2v) is 4.05. The zero-order valence-corrected chi connectivity index (χ0v) is 14.2. The van der Waals surface area contributed by atoms with Crippen LogP contribution in [-0.4, -0.2) is 46.3 Å². The van der Waals surface area contributed by atoms with Gasteiger partial charge < -0.3 is 10.2 Å². The summed E-state index contributed by atoms with van der Waals surface area (Å²) in [6.07, 6.45) is 5.58. The quantitative estimate of drug-likeness (QED) is 0.267. The van der Waals surface area contributed by atoms with E-state index in [9.17, 15) is 0 Å². The van der Waals surface area contributed by atoms with E-state index in [2.05, 4.69) is 31.9 Å². The van der Waals surface area contributed by atoms with Gasteiger partial charge in [-0.1, -0.05) is 6.08 Å². The zero-order chi connectivity index (χ0) is 13.4. The van der Waals surface area contributed by atoms with Gasteiger partial charge in [0, 0.05) is 27.7 Å². The summed E-state index contributed by atoms with van der Waals surface area (Å²) in [5.74, 6) is 1.75. The van der Waals surface area contributed by atoms with Crippen LogP contribution in [0, 0.1) is 0 Å². The summed E-state index contributed by atoms with van der Waals surface area (Å²) in [7, 11) is 5.68. The van der Waals surface area contributed by atoms with Crippen molar-refractivity contribution in [2.24, 2.45) is 12.0 Å². The van der Waals surface area contributed by atoms with Crippen molar-refractivity contribution in [1.82, 2.24) is 25.0 Å². The van der Waals surface area contributed by atoms with Gasteiger partial charge in [0.25, 0.3) is 0 Å². The van der Waals surface area contributed by atoms with Gasteiger partial charge in [0.05, 0.1) is 6.54 Å². The molecule has 19 heavy (non-hydrogen) atoms. The Morgan fingerprint density at radius 1 is 1.63 bits per heavy atom. The summed E-state index contributed by atoms with van der Waals surface area (Å²) in [5, 5.41) is 7.29. The first-order chi connectivity index (χ1) is 8.69. The fourth-order valence-electron chi connectivity index (χ4n) is 1.60. The second kappa shape index (κ2) is 9.76. The molecule has 0 fully saturated rings. The Kier molecular flexibility index (Phi) is 9.19. The number of nitrogens with zero attached hydrogens (tertiary/aromatic N) is 5. The number of allylic oxidation sites excluding steroid dienone is 1. The predicted molar refractivity (Wildman–Crippen MR) is 88.7 cm³/mol. The van der Waals surface area contributed by atoms with Gasteiger partial charge in [-0.15, -0.1) is 30.6 Å². The highest BCUT2D eigenvalue weighted by Crippen LogP contribution is 1.96. The Morgan fingerprint density at radius 2 is 2.37 bits per heavy atom. The highest BCUT2D eigenvalue weighted by Gasteiger charge is 2.06. The maximum Gasteiger partial charge on any atom is 0.193 e. The standard InChI is InChI=1S/C12H22N6.HI/c1-5-6-7-8-17(3)12(13-2)14-9-11-15-10-16-18(11)4;/h5,10H,1,6-9H2,2-4H3,(H,13,14);1H. The highest BCUT2D eigenvalue weighted by atomic mass is 127. The van der Waals surface area contributed by atoms with E-state index >= 15 is 0 Å². The normalized spacial score (nSPS) is 10.8. The number of hydrogen-bond donors (Lipinski definition) is 1. The van der Waals surface area contributed by atoms with E-state index in [-0.39, 0.29) is 24.0 Å². The molecule has 0 aliphatic heterocycles. The van der Waals surface area contributed by atoms with E-state index in [0.717, 1.165) is 31.2 Å². The molecule has 1 rings (SSSR count). The minimum absolute atomic E-state index is 0. The molecule has 0 radical (unpaired) electrons. The first kappa shape index (κ1) is 17.9. The number of rotatable bonds is 6. The van der Waals surface area contributed by atoms with Gasteiger partial charge in [0.1, 0.15) is 12.2 Å². The Balaban J connectivity index is 0.00000324. The third-order valence-electron chi connectivity index (χ3n) is 2.68. The van der Waals surface area contributed by atoms with Crippen LogP contribution in [0.15, 0.2) is 24.0 Å². The van der Waals surface area contributed by atoms with E-state index < -0.39 is 0 Å². The molecule has 0 aromatic carbocycles. The fourth-order valence-corrected chi connectivity index (χ4v) is 1.60. The Bertz CT molecular complexity index is 401. The molecule has 0 saturated carbocycles. The van der Waals surface area contributed by atoms with Crippen molar-refractivity contribution in [3.63, 3.8) is 0 Å². The number of guanidine groups is 1. The first-order valence-corrected chi connectivity index (χ1v) is 6.04. The molecular weight excluding hydrogens is 355 g/mol. The molecule has 7 heteroatoms. The summed E-state index contributed by atoms with van der Waals surface area (Å²) >= 11 is 0. The summed E-state index contributed by atoms with van der Waals surface area (Å²) < 4.78 is 1.75. The Labute approximate surface area is 132 Å². The van der Waals surface area contributed by atoms with Crippen LogP contribution >= 0.6 is 24.0 Å². The molecule has 0 amide bonds. The molecule has 1 aromatic rings. The first-order valence-electron chi connectivity index (χ1n) is 6.04. The predicted octanol–water partition coefficient (Wildman–Crippen LogP) is 1.41. The van der Waals surface area contributed by atoms with E-state index in [0.29, 0.717) is 6.54 Å². The van der Waals surface area contributed by atoms with Crippen LogP contribution in [0.25, 0.3) is 0 Å². The van der Waals surface area contributed by atoms with Crippen molar-refractivity contribution in [3.8, 4) is 0 Å². The average Bonchev–Trinajstić information content (AvgIpc) is 2.76. The Morgan fingerprint density at radius 3 is 2.89 bits per heavy atom. The van der Waals surface area contributed by atoms with Gasteiger partial charge in [-0.25, -0.2) is 4.98 Å². The van der Waals surface area contributed by atoms with Gasteiger partial charge in [-0.05, 0) is 12.8 Å². The number of halogens is 1. The van der Waals surface area contributed by atoms with E-state index in [1.807, 2.05) is 20.2 Å². The summed E-state index contributed by atoms with van der Waals surface area (Å²) in [6.45, 7) is 5.29. The molecule has 0 unspecified atom stereocenters. The maximum atomic E-state index is 4.24. The minimum atomic E-state index is 0. The van der Waals surface area contributed by atoms with Crippen LogP contribution in [0.2, 0.25) is 0 Å². The largest absolute Gasteiger partial charge is 0.349 e. The van der Waals surface area contributed by atoms with Gasteiger partial charge >= 0.3 is 0 Å². The molecule has 0 bridgehead atoms. The van der Waals surface area contributed by atoms with Crippen LogP contribution in [0.1, 0.15) is 18.7 Å². The van der Waals surface area contributed by atoms with E-state index in [1.54, 1.807) is 18.1 Å². The number of aliphatic imine (C=N–C) groups is 1. The SMILES string of the molecule is C=CCCCN(C)C(=NC)NCc1ncnn1C.I. The van der Waals surface area contributed by atoms with Crippen molar-refractivity contribution in [2.45, 2.75) is 19.4 Å². The van der Waals surface area contributed by atoms with E-state index in [1.165, 1.54) is 0 Å². The van der Waals surface area contributed by atoms with Crippen LogP contribution in [-0.2, 0) is 13.6 Å². The number of unbranched alkanes of at least 4 members (excludes halogenated alkanes) is 1. The lowest BCUT2D eigenvalue weighted by Crippen LogP contribution is -2.39. The third-order valence-corrected chi connectivity index (χ3v) is 2.68.